The van der Waals surface area contributed by atoms with Crippen LogP contribution in [0.25, 0.3) is 11.1 Å². The van der Waals surface area contributed by atoms with E-state index in [9.17, 15) is 17.6 Å². The van der Waals surface area contributed by atoms with Crippen molar-refractivity contribution in [3.63, 3.8) is 0 Å². The van der Waals surface area contributed by atoms with Gasteiger partial charge in [0.1, 0.15) is 11.6 Å². The van der Waals surface area contributed by atoms with E-state index in [-0.39, 0.29) is 11.7 Å². The molecular formula is C16H14F4O. The Morgan fingerprint density at radius 2 is 1.57 bits per heavy atom. The van der Waals surface area contributed by atoms with Gasteiger partial charge < -0.3 is 4.74 Å². The molecule has 0 aliphatic carbocycles. The van der Waals surface area contributed by atoms with Gasteiger partial charge in [-0.3, -0.25) is 0 Å². The quantitative estimate of drug-likeness (QED) is 0.678. The van der Waals surface area contributed by atoms with Crippen molar-refractivity contribution >= 4 is 0 Å². The summed E-state index contributed by atoms with van der Waals surface area (Å²) in [6.07, 6.45) is -4.73. The van der Waals surface area contributed by atoms with Gasteiger partial charge in [0, 0.05) is 5.56 Å². The third kappa shape index (κ3) is 3.97. The Labute approximate surface area is 120 Å². The lowest BCUT2D eigenvalue weighted by Gasteiger charge is -2.11. The first-order valence-corrected chi connectivity index (χ1v) is 6.42. The van der Waals surface area contributed by atoms with Crippen LogP contribution >= 0.6 is 0 Å². The highest BCUT2D eigenvalue weighted by Crippen LogP contribution is 2.29. The van der Waals surface area contributed by atoms with Gasteiger partial charge in [-0.05, 0) is 35.2 Å². The third-order valence-corrected chi connectivity index (χ3v) is 3.06. The summed E-state index contributed by atoms with van der Waals surface area (Å²) in [7, 11) is 0. The third-order valence-electron chi connectivity index (χ3n) is 3.06. The van der Waals surface area contributed by atoms with Gasteiger partial charge in [-0.2, -0.15) is 0 Å². The van der Waals surface area contributed by atoms with Crippen molar-refractivity contribution in [3.05, 3.63) is 53.8 Å². The van der Waals surface area contributed by atoms with Gasteiger partial charge >= 0.3 is 6.36 Å². The number of hydrogen-bond donors (Lipinski definition) is 0. The Morgan fingerprint density at radius 1 is 0.952 bits per heavy atom. The standard InChI is InChI=1S/C16H14F4O/c1-10(2)12-5-8-14(15(17)9-12)11-3-6-13(7-4-11)21-16(18,19)20/h3-10H,1-2H3. The summed E-state index contributed by atoms with van der Waals surface area (Å²) in [5, 5.41) is 0. The summed E-state index contributed by atoms with van der Waals surface area (Å²) in [6.45, 7) is 3.91. The van der Waals surface area contributed by atoms with Crippen LogP contribution in [0.15, 0.2) is 42.5 Å². The molecule has 112 valence electrons. The zero-order valence-electron chi connectivity index (χ0n) is 11.5. The van der Waals surface area contributed by atoms with Crippen molar-refractivity contribution in [2.45, 2.75) is 26.1 Å². The molecule has 0 atom stereocenters. The summed E-state index contributed by atoms with van der Waals surface area (Å²) >= 11 is 0. The molecule has 1 nitrogen and oxygen atoms in total. The van der Waals surface area contributed by atoms with E-state index in [1.807, 2.05) is 19.9 Å². The lowest BCUT2D eigenvalue weighted by Crippen LogP contribution is -2.16. The molecule has 0 saturated carbocycles. The number of halogens is 4. The predicted molar refractivity (Wildman–Crippen MR) is 72.6 cm³/mol. The molecule has 0 aliphatic heterocycles. The van der Waals surface area contributed by atoms with Crippen molar-refractivity contribution in [1.82, 2.24) is 0 Å². The molecular weight excluding hydrogens is 284 g/mol. The summed E-state index contributed by atoms with van der Waals surface area (Å²) in [5.74, 6) is -0.521. The molecule has 0 bridgehead atoms. The molecule has 2 aromatic carbocycles. The molecule has 0 heterocycles. The molecule has 0 aromatic heterocycles. The first-order chi connectivity index (χ1) is 9.76. The molecule has 0 fully saturated rings. The minimum atomic E-state index is -4.73. The van der Waals surface area contributed by atoms with E-state index in [0.717, 1.165) is 5.56 Å². The van der Waals surface area contributed by atoms with Crippen LogP contribution in [-0.4, -0.2) is 6.36 Å². The molecule has 0 saturated heterocycles. The molecule has 21 heavy (non-hydrogen) atoms. The Hall–Kier alpha value is -2.04. The van der Waals surface area contributed by atoms with E-state index in [1.54, 1.807) is 6.07 Å². The van der Waals surface area contributed by atoms with Crippen LogP contribution in [0, 0.1) is 5.82 Å². The van der Waals surface area contributed by atoms with Gasteiger partial charge in [-0.15, -0.1) is 13.2 Å². The number of ether oxygens (including phenoxy) is 1. The number of rotatable bonds is 3. The second-order valence-corrected chi connectivity index (χ2v) is 4.97. The van der Waals surface area contributed by atoms with Crippen molar-refractivity contribution in [2.24, 2.45) is 0 Å². The minimum Gasteiger partial charge on any atom is -0.406 e. The van der Waals surface area contributed by atoms with E-state index >= 15 is 0 Å². The summed E-state index contributed by atoms with van der Waals surface area (Å²) in [6, 6.07) is 10.0. The Bertz CT molecular complexity index is 615. The average Bonchev–Trinajstić information content (AvgIpc) is 2.38. The summed E-state index contributed by atoms with van der Waals surface area (Å²) < 4.78 is 54.0. The molecule has 0 unspecified atom stereocenters. The number of alkyl halides is 3. The van der Waals surface area contributed by atoms with Crippen molar-refractivity contribution < 1.29 is 22.3 Å². The second kappa shape index (κ2) is 5.76. The van der Waals surface area contributed by atoms with Crippen molar-refractivity contribution in [2.75, 3.05) is 0 Å². The van der Waals surface area contributed by atoms with Crippen LogP contribution in [0.3, 0.4) is 0 Å². The lowest BCUT2D eigenvalue weighted by atomic mass is 9.98. The smallest absolute Gasteiger partial charge is 0.406 e. The zero-order valence-corrected chi connectivity index (χ0v) is 11.5. The fourth-order valence-corrected chi connectivity index (χ4v) is 1.96. The Morgan fingerprint density at radius 3 is 2.05 bits per heavy atom. The Balaban J connectivity index is 2.27. The maximum atomic E-state index is 14.1. The summed E-state index contributed by atoms with van der Waals surface area (Å²) in [4.78, 5) is 0. The number of benzene rings is 2. The SMILES string of the molecule is CC(C)c1ccc(-c2ccc(OC(F)(F)F)cc2)c(F)c1. The highest BCUT2D eigenvalue weighted by molar-refractivity contribution is 5.65. The van der Waals surface area contributed by atoms with Gasteiger partial charge in [0.2, 0.25) is 0 Å². The van der Waals surface area contributed by atoms with Crippen LogP contribution in [0.5, 0.6) is 5.75 Å². The molecule has 5 heteroatoms. The molecule has 0 radical (unpaired) electrons. The largest absolute Gasteiger partial charge is 0.573 e. The zero-order chi connectivity index (χ0) is 15.6. The van der Waals surface area contributed by atoms with E-state index < -0.39 is 12.2 Å². The molecule has 2 aromatic rings. The highest BCUT2D eigenvalue weighted by atomic mass is 19.4. The van der Waals surface area contributed by atoms with Gasteiger partial charge in [-0.1, -0.05) is 38.1 Å². The topological polar surface area (TPSA) is 9.23 Å². The maximum absolute atomic E-state index is 14.1. The van der Waals surface area contributed by atoms with Crippen molar-refractivity contribution in [1.29, 1.82) is 0 Å². The first kappa shape index (κ1) is 15.4. The minimum absolute atomic E-state index is 0.205. The van der Waals surface area contributed by atoms with Crippen LogP contribution in [-0.2, 0) is 0 Å². The normalized spacial score (nSPS) is 11.8. The van der Waals surface area contributed by atoms with E-state index in [2.05, 4.69) is 4.74 Å². The molecule has 0 spiro atoms. The average molecular weight is 298 g/mol. The number of hydrogen-bond acceptors (Lipinski definition) is 1. The highest BCUT2D eigenvalue weighted by Gasteiger charge is 2.30. The van der Waals surface area contributed by atoms with Gasteiger partial charge in [0.05, 0.1) is 0 Å². The first-order valence-electron chi connectivity index (χ1n) is 6.42. The maximum Gasteiger partial charge on any atom is 0.573 e. The van der Waals surface area contributed by atoms with Crippen LogP contribution < -0.4 is 4.74 Å². The lowest BCUT2D eigenvalue weighted by molar-refractivity contribution is -0.274. The van der Waals surface area contributed by atoms with Crippen LogP contribution in [0.4, 0.5) is 17.6 Å². The van der Waals surface area contributed by atoms with Crippen molar-refractivity contribution in [3.8, 4) is 16.9 Å². The van der Waals surface area contributed by atoms with E-state index in [1.165, 1.54) is 30.3 Å². The second-order valence-electron chi connectivity index (χ2n) is 4.97. The van der Waals surface area contributed by atoms with E-state index in [4.69, 9.17) is 0 Å². The molecule has 2 rings (SSSR count). The van der Waals surface area contributed by atoms with Gasteiger partial charge in [-0.25, -0.2) is 4.39 Å². The van der Waals surface area contributed by atoms with Crippen LogP contribution in [0.1, 0.15) is 25.3 Å². The summed E-state index contributed by atoms with van der Waals surface area (Å²) in [5.41, 5.74) is 1.71. The molecule has 0 amide bonds. The fourth-order valence-electron chi connectivity index (χ4n) is 1.96. The molecule has 0 N–H and O–H groups in total. The monoisotopic (exact) mass is 298 g/mol. The Kier molecular flexibility index (Phi) is 4.21. The van der Waals surface area contributed by atoms with Gasteiger partial charge in [0.15, 0.2) is 0 Å². The molecule has 0 aliphatic rings. The predicted octanol–water partition coefficient (Wildman–Crippen LogP) is 5.51. The van der Waals surface area contributed by atoms with Gasteiger partial charge in [0.25, 0.3) is 0 Å². The van der Waals surface area contributed by atoms with E-state index in [0.29, 0.717) is 11.1 Å². The fraction of sp³-hybridized carbons (Fsp3) is 0.250. The van der Waals surface area contributed by atoms with Crippen LogP contribution in [0.2, 0.25) is 0 Å².